The van der Waals surface area contributed by atoms with Gasteiger partial charge in [0.2, 0.25) is 5.91 Å². The molecule has 0 aromatic heterocycles. The lowest BCUT2D eigenvalue weighted by molar-refractivity contribution is -0.141. The molecule has 4 aromatic carbocycles. The van der Waals surface area contributed by atoms with Gasteiger partial charge in [0.05, 0.1) is 26.7 Å². The van der Waals surface area contributed by atoms with Gasteiger partial charge < -0.3 is 35.4 Å². The number of carboxylic acids is 1. The van der Waals surface area contributed by atoms with Crippen molar-refractivity contribution < 1.29 is 38.6 Å². The summed E-state index contributed by atoms with van der Waals surface area (Å²) in [5.41, 5.74) is 2.23. The van der Waals surface area contributed by atoms with Crippen molar-refractivity contribution >= 4 is 41.2 Å². The SMILES string of the molecule is COc1ccc(C(CC(=O)O)NC(=O)C(CC(C)C)N2C(=O)N(Cc3ccc(NC(=O)Nc4ccccc4C)cc3)C(C)(c3ccccc3)C2=O)c(OC)c1. The van der Waals surface area contributed by atoms with Crippen LogP contribution in [0.3, 0.4) is 0 Å². The van der Waals surface area contributed by atoms with Crippen LogP contribution < -0.4 is 25.4 Å². The fourth-order valence-electron chi connectivity index (χ4n) is 6.74. The highest BCUT2D eigenvalue weighted by atomic mass is 16.5. The first-order valence-electron chi connectivity index (χ1n) is 17.9. The maximum absolute atomic E-state index is 14.7. The number of benzene rings is 4. The normalized spacial score (nSPS) is 16.4. The van der Waals surface area contributed by atoms with Gasteiger partial charge in [-0.05, 0) is 73.2 Å². The topological polar surface area (TPSA) is 167 Å². The quantitative estimate of drug-likeness (QED) is 0.0936. The second-order valence-electron chi connectivity index (χ2n) is 14.0. The molecule has 13 nitrogen and oxygen atoms in total. The number of imide groups is 1. The lowest BCUT2D eigenvalue weighted by atomic mass is 9.89. The molecular formula is C42H47N5O8. The Morgan fingerprint density at radius 1 is 0.855 bits per heavy atom. The monoisotopic (exact) mass is 749 g/mol. The standard InChI is InChI=1S/C42H47N5O8/c1-26(2)22-35(38(50)44-34(24-37(48)49)32-21-20-31(54-5)23-36(32)55-6)47-39(51)42(4,29-13-8-7-9-14-29)46(41(47)53)25-28-16-18-30(19-17-28)43-40(52)45-33-15-11-10-12-27(33)3/h7-21,23,26,34-35H,22,24-25H2,1-6H3,(H,44,50)(H,48,49)(H2,43,45,52). The first kappa shape index (κ1) is 39.8. The average molecular weight is 750 g/mol. The van der Waals surface area contributed by atoms with Crippen molar-refractivity contribution in [2.24, 2.45) is 5.92 Å². The predicted octanol–water partition coefficient (Wildman–Crippen LogP) is 7.08. The van der Waals surface area contributed by atoms with Gasteiger partial charge in [0.15, 0.2) is 0 Å². The van der Waals surface area contributed by atoms with E-state index in [9.17, 15) is 29.1 Å². The van der Waals surface area contributed by atoms with Crippen molar-refractivity contribution in [1.82, 2.24) is 15.1 Å². The Morgan fingerprint density at radius 3 is 2.15 bits per heavy atom. The van der Waals surface area contributed by atoms with Gasteiger partial charge in [-0.3, -0.25) is 14.4 Å². The van der Waals surface area contributed by atoms with Crippen LogP contribution in [0, 0.1) is 12.8 Å². The van der Waals surface area contributed by atoms with Crippen LogP contribution in [0.4, 0.5) is 21.0 Å². The lowest BCUT2D eigenvalue weighted by Crippen LogP contribution is -2.52. The number of amides is 6. The van der Waals surface area contributed by atoms with Crippen LogP contribution in [0.15, 0.2) is 97.1 Å². The van der Waals surface area contributed by atoms with E-state index in [1.54, 1.807) is 79.7 Å². The molecule has 288 valence electrons. The van der Waals surface area contributed by atoms with Gasteiger partial charge in [0.1, 0.15) is 23.1 Å². The molecule has 13 heteroatoms. The smallest absolute Gasteiger partial charge is 0.329 e. The molecule has 1 aliphatic heterocycles. The van der Waals surface area contributed by atoms with E-state index in [4.69, 9.17) is 9.47 Å². The second-order valence-corrected chi connectivity index (χ2v) is 14.0. The molecule has 0 bridgehead atoms. The zero-order chi connectivity index (χ0) is 39.9. The molecule has 3 atom stereocenters. The second kappa shape index (κ2) is 17.2. The summed E-state index contributed by atoms with van der Waals surface area (Å²) in [5.74, 6) is -1.81. The summed E-state index contributed by atoms with van der Waals surface area (Å²) in [7, 11) is 2.91. The Kier molecular flexibility index (Phi) is 12.4. The van der Waals surface area contributed by atoms with Crippen LogP contribution in [-0.4, -0.2) is 65.0 Å². The first-order valence-corrected chi connectivity index (χ1v) is 17.9. The Balaban J connectivity index is 1.45. The van der Waals surface area contributed by atoms with E-state index in [0.29, 0.717) is 39.6 Å². The van der Waals surface area contributed by atoms with Crippen LogP contribution in [-0.2, 0) is 26.5 Å². The number of nitrogens with zero attached hydrogens (tertiary/aromatic N) is 2. The minimum absolute atomic E-state index is 0.00284. The summed E-state index contributed by atoms with van der Waals surface area (Å²) < 4.78 is 10.8. The number of hydrogen-bond acceptors (Lipinski definition) is 7. The van der Waals surface area contributed by atoms with Gasteiger partial charge in [-0.1, -0.05) is 74.5 Å². The molecule has 0 spiro atoms. The molecule has 1 heterocycles. The molecule has 1 aliphatic rings. The Labute approximate surface area is 320 Å². The van der Waals surface area contributed by atoms with Gasteiger partial charge in [-0.25, -0.2) is 14.5 Å². The molecular weight excluding hydrogens is 702 g/mol. The zero-order valence-corrected chi connectivity index (χ0v) is 31.8. The maximum Gasteiger partial charge on any atom is 0.329 e. The minimum Gasteiger partial charge on any atom is -0.497 e. The van der Waals surface area contributed by atoms with Gasteiger partial charge in [0.25, 0.3) is 5.91 Å². The van der Waals surface area contributed by atoms with Crippen molar-refractivity contribution in [2.45, 2.75) is 64.7 Å². The number of carboxylic acid groups (broad SMARTS) is 1. The van der Waals surface area contributed by atoms with E-state index in [-0.39, 0.29) is 18.9 Å². The summed E-state index contributed by atoms with van der Waals surface area (Å²) in [4.78, 5) is 70.9. The summed E-state index contributed by atoms with van der Waals surface area (Å²) in [6.07, 6.45) is -0.372. The molecule has 55 heavy (non-hydrogen) atoms. The fourth-order valence-corrected chi connectivity index (χ4v) is 6.74. The molecule has 0 aliphatic carbocycles. The molecule has 4 N–H and O–H groups in total. The lowest BCUT2D eigenvalue weighted by Gasteiger charge is -2.32. The number of methoxy groups -OCH3 is 2. The van der Waals surface area contributed by atoms with Crippen molar-refractivity contribution in [3.8, 4) is 11.5 Å². The van der Waals surface area contributed by atoms with E-state index < -0.39 is 53.9 Å². The molecule has 0 saturated carbocycles. The molecule has 0 radical (unpaired) electrons. The van der Waals surface area contributed by atoms with Crippen LogP contribution in [0.25, 0.3) is 0 Å². The number of aryl methyl sites for hydroxylation is 1. The number of urea groups is 2. The molecule has 1 fully saturated rings. The Morgan fingerprint density at radius 2 is 1.53 bits per heavy atom. The largest absolute Gasteiger partial charge is 0.497 e. The van der Waals surface area contributed by atoms with E-state index in [1.165, 1.54) is 19.1 Å². The third-order valence-corrected chi connectivity index (χ3v) is 9.71. The number of carbonyl (C=O) groups excluding carboxylic acids is 4. The van der Waals surface area contributed by atoms with Crippen LogP contribution in [0.2, 0.25) is 0 Å². The molecule has 6 amide bonds. The highest BCUT2D eigenvalue weighted by Gasteiger charge is 2.58. The van der Waals surface area contributed by atoms with Crippen molar-refractivity contribution in [1.29, 1.82) is 0 Å². The number of ether oxygens (including phenoxy) is 2. The number of carbonyl (C=O) groups is 5. The first-order chi connectivity index (χ1) is 26.3. The zero-order valence-electron chi connectivity index (χ0n) is 31.8. The Hall–Kier alpha value is -6.37. The third kappa shape index (κ3) is 8.89. The average Bonchev–Trinajstić information content (AvgIpc) is 3.35. The molecule has 3 unspecified atom stereocenters. The molecule has 5 rings (SSSR count). The molecule has 4 aromatic rings. The Bertz CT molecular complexity index is 2040. The van der Waals surface area contributed by atoms with Gasteiger partial charge in [0, 0.05) is 29.5 Å². The number of para-hydroxylation sites is 1. The number of hydrogen-bond donors (Lipinski definition) is 4. The van der Waals surface area contributed by atoms with Gasteiger partial charge >= 0.3 is 18.0 Å². The van der Waals surface area contributed by atoms with Crippen molar-refractivity contribution in [3.63, 3.8) is 0 Å². The summed E-state index contributed by atoms with van der Waals surface area (Å²) in [6.45, 7) is 7.30. The van der Waals surface area contributed by atoms with Crippen molar-refractivity contribution in [3.05, 3.63) is 119 Å². The van der Waals surface area contributed by atoms with E-state index in [2.05, 4.69) is 16.0 Å². The highest BCUT2D eigenvalue weighted by Crippen LogP contribution is 2.41. The van der Waals surface area contributed by atoms with Gasteiger partial charge in [-0.15, -0.1) is 0 Å². The highest BCUT2D eigenvalue weighted by molar-refractivity contribution is 6.10. The van der Waals surface area contributed by atoms with Crippen LogP contribution in [0.1, 0.15) is 61.9 Å². The van der Waals surface area contributed by atoms with E-state index >= 15 is 0 Å². The molecule has 1 saturated heterocycles. The third-order valence-electron chi connectivity index (χ3n) is 9.71. The number of nitrogens with one attached hydrogen (secondary N) is 3. The number of rotatable bonds is 15. The fraction of sp³-hybridized carbons (Fsp3) is 0.310. The summed E-state index contributed by atoms with van der Waals surface area (Å²) in [5, 5.41) is 18.3. The van der Waals surface area contributed by atoms with Crippen LogP contribution >= 0.6 is 0 Å². The summed E-state index contributed by atoms with van der Waals surface area (Å²) in [6, 6.07) is 24.6. The number of anilines is 2. The van der Waals surface area contributed by atoms with Crippen molar-refractivity contribution in [2.75, 3.05) is 24.9 Å². The summed E-state index contributed by atoms with van der Waals surface area (Å²) >= 11 is 0. The number of aliphatic carboxylic acids is 1. The van der Waals surface area contributed by atoms with E-state index in [1.807, 2.05) is 45.0 Å². The maximum atomic E-state index is 14.7. The van der Waals surface area contributed by atoms with Crippen LogP contribution in [0.5, 0.6) is 11.5 Å². The van der Waals surface area contributed by atoms with E-state index in [0.717, 1.165) is 10.5 Å². The predicted molar refractivity (Wildman–Crippen MR) is 208 cm³/mol. The minimum atomic E-state index is -1.50. The van der Waals surface area contributed by atoms with Gasteiger partial charge in [-0.2, -0.15) is 0 Å².